The van der Waals surface area contributed by atoms with Gasteiger partial charge in [0.15, 0.2) is 0 Å². The molecule has 1 fully saturated rings. The van der Waals surface area contributed by atoms with Gasteiger partial charge in [0.2, 0.25) is 0 Å². The van der Waals surface area contributed by atoms with Crippen molar-refractivity contribution in [2.24, 2.45) is 11.7 Å². The van der Waals surface area contributed by atoms with E-state index >= 15 is 0 Å². The van der Waals surface area contributed by atoms with Crippen LogP contribution in [0, 0.1) is 5.92 Å². The molecule has 6 N–H and O–H groups in total. The Morgan fingerprint density at radius 3 is 1.85 bits per heavy atom. The summed E-state index contributed by atoms with van der Waals surface area (Å²) in [5.41, 5.74) is 6.94. The summed E-state index contributed by atoms with van der Waals surface area (Å²) in [7, 11) is 0. The first-order valence-electron chi connectivity index (χ1n) is 10.7. The standard InChI is InChI=1S/C14H21ClN2O.2C4H6O4/c1-2-18-14-4-3-11(7-13(14)15)9-17-6-5-12(8-16)10-17;2*5-3(6)1-2-4(7)8/h3-4,7,12H,2,5-6,8-10,16H2,1H3;2*1-2H2,(H,5,6)(H,7,8). The second-order valence-electron chi connectivity index (χ2n) is 7.40. The van der Waals surface area contributed by atoms with E-state index in [-0.39, 0.29) is 25.7 Å². The molecule has 0 bridgehead atoms. The number of carboxylic acid groups (broad SMARTS) is 4. The molecule has 12 heteroatoms. The molecule has 11 nitrogen and oxygen atoms in total. The average molecular weight is 505 g/mol. The third kappa shape index (κ3) is 15.8. The summed E-state index contributed by atoms with van der Waals surface area (Å²) < 4.78 is 5.43. The number of hydrogen-bond acceptors (Lipinski definition) is 7. The molecule has 1 saturated heterocycles. The van der Waals surface area contributed by atoms with Crippen molar-refractivity contribution in [1.82, 2.24) is 4.90 Å². The summed E-state index contributed by atoms with van der Waals surface area (Å²) in [5, 5.41) is 32.3. The Morgan fingerprint density at radius 1 is 1.00 bits per heavy atom. The summed E-state index contributed by atoms with van der Waals surface area (Å²) in [4.78, 5) is 41.0. The van der Waals surface area contributed by atoms with Gasteiger partial charge in [0, 0.05) is 13.1 Å². The van der Waals surface area contributed by atoms with Crippen molar-refractivity contribution in [2.45, 2.75) is 45.6 Å². The Balaban J connectivity index is 0.000000570. The minimum Gasteiger partial charge on any atom is -0.492 e. The van der Waals surface area contributed by atoms with Crippen molar-refractivity contribution >= 4 is 35.5 Å². The second kappa shape index (κ2) is 17.6. The van der Waals surface area contributed by atoms with Crippen LogP contribution in [0.5, 0.6) is 5.75 Å². The molecule has 0 amide bonds. The van der Waals surface area contributed by atoms with Crippen molar-refractivity contribution in [3.8, 4) is 5.75 Å². The van der Waals surface area contributed by atoms with Gasteiger partial charge in [-0.05, 0) is 50.0 Å². The Kier molecular flexibility index (Phi) is 16.1. The van der Waals surface area contributed by atoms with Gasteiger partial charge in [-0.25, -0.2) is 0 Å². The number of ether oxygens (including phenoxy) is 1. The van der Waals surface area contributed by atoms with Gasteiger partial charge >= 0.3 is 23.9 Å². The monoisotopic (exact) mass is 504 g/mol. The predicted molar refractivity (Wildman–Crippen MR) is 124 cm³/mol. The van der Waals surface area contributed by atoms with Gasteiger partial charge in [-0.1, -0.05) is 17.7 Å². The molecule has 192 valence electrons. The molecule has 1 aromatic rings. The molecule has 1 aromatic carbocycles. The van der Waals surface area contributed by atoms with Gasteiger partial charge in [-0.3, -0.25) is 24.1 Å². The molecule has 1 atom stereocenters. The van der Waals surface area contributed by atoms with Crippen LogP contribution < -0.4 is 10.5 Å². The van der Waals surface area contributed by atoms with E-state index < -0.39 is 23.9 Å². The normalized spacial score (nSPS) is 14.7. The van der Waals surface area contributed by atoms with Gasteiger partial charge in [-0.2, -0.15) is 0 Å². The third-order valence-electron chi connectivity index (χ3n) is 4.51. The molecule has 0 saturated carbocycles. The van der Waals surface area contributed by atoms with Crippen molar-refractivity contribution in [3.05, 3.63) is 28.8 Å². The highest BCUT2D eigenvalue weighted by atomic mass is 35.5. The zero-order valence-electron chi connectivity index (χ0n) is 19.1. The van der Waals surface area contributed by atoms with Gasteiger partial charge in [-0.15, -0.1) is 0 Å². The number of likely N-dealkylation sites (tertiary alicyclic amines) is 1. The largest absolute Gasteiger partial charge is 0.492 e. The maximum absolute atomic E-state index is 9.64. The van der Waals surface area contributed by atoms with Crippen LogP contribution in [0.3, 0.4) is 0 Å². The number of aliphatic carboxylic acids is 4. The third-order valence-corrected chi connectivity index (χ3v) is 4.81. The number of carbonyl (C=O) groups is 4. The van der Waals surface area contributed by atoms with E-state index in [0.717, 1.165) is 31.9 Å². The quantitative estimate of drug-likeness (QED) is 0.297. The van der Waals surface area contributed by atoms with Crippen LogP contribution in [0.2, 0.25) is 5.02 Å². The van der Waals surface area contributed by atoms with E-state index in [2.05, 4.69) is 11.0 Å². The zero-order valence-corrected chi connectivity index (χ0v) is 19.9. The highest BCUT2D eigenvalue weighted by Crippen LogP contribution is 2.27. The van der Waals surface area contributed by atoms with E-state index in [4.69, 9.17) is 42.5 Å². The van der Waals surface area contributed by atoms with Crippen LogP contribution in [-0.2, 0) is 25.7 Å². The molecule has 0 spiro atoms. The van der Waals surface area contributed by atoms with Gasteiger partial charge in [0.1, 0.15) is 5.75 Å². The number of benzene rings is 1. The molecule has 0 aromatic heterocycles. The second-order valence-corrected chi connectivity index (χ2v) is 7.81. The molecule has 0 aliphatic carbocycles. The van der Waals surface area contributed by atoms with Crippen LogP contribution >= 0.6 is 11.6 Å². The Morgan fingerprint density at radius 2 is 1.50 bits per heavy atom. The lowest BCUT2D eigenvalue weighted by Crippen LogP contribution is -2.22. The molecule has 0 radical (unpaired) electrons. The molecule has 1 aliphatic heterocycles. The topological polar surface area (TPSA) is 188 Å². The maximum atomic E-state index is 9.64. The first-order valence-corrected chi connectivity index (χ1v) is 11.1. The lowest BCUT2D eigenvalue weighted by Gasteiger charge is -2.16. The van der Waals surface area contributed by atoms with Crippen molar-refractivity contribution < 1.29 is 44.3 Å². The summed E-state index contributed by atoms with van der Waals surface area (Å²) in [6.07, 6.45) is 0.0244. The fourth-order valence-corrected chi connectivity index (χ4v) is 3.11. The minimum atomic E-state index is -1.08. The van der Waals surface area contributed by atoms with Crippen LogP contribution in [0.25, 0.3) is 0 Å². The predicted octanol–water partition coefficient (Wildman–Crippen LogP) is 2.39. The van der Waals surface area contributed by atoms with Crippen LogP contribution in [0.4, 0.5) is 0 Å². The van der Waals surface area contributed by atoms with Crippen LogP contribution in [0.1, 0.15) is 44.6 Å². The number of nitrogens with two attached hydrogens (primary N) is 1. The number of hydrogen-bond donors (Lipinski definition) is 5. The van der Waals surface area contributed by atoms with Crippen molar-refractivity contribution in [3.63, 3.8) is 0 Å². The van der Waals surface area contributed by atoms with Gasteiger partial charge in [0.25, 0.3) is 0 Å². The lowest BCUT2D eigenvalue weighted by molar-refractivity contribution is -0.143. The van der Waals surface area contributed by atoms with E-state index in [1.165, 1.54) is 12.0 Å². The summed E-state index contributed by atoms with van der Waals surface area (Å²) in [6.45, 7) is 6.57. The van der Waals surface area contributed by atoms with Crippen LogP contribution in [0.15, 0.2) is 18.2 Å². The number of rotatable bonds is 11. The number of halogens is 1. The molecular formula is C22H33ClN2O9. The van der Waals surface area contributed by atoms with Gasteiger partial charge in [0.05, 0.1) is 37.3 Å². The molecular weight excluding hydrogens is 472 g/mol. The molecule has 1 unspecified atom stereocenters. The first kappa shape index (κ1) is 31.1. The summed E-state index contributed by atoms with van der Waals surface area (Å²) in [6, 6.07) is 6.05. The summed E-state index contributed by atoms with van der Waals surface area (Å²) >= 11 is 6.19. The zero-order chi connectivity index (χ0) is 26.1. The fraction of sp³-hybridized carbons (Fsp3) is 0.545. The van der Waals surface area contributed by atoms with E-state index in [0.29, 0.717) is 17.5 Å². The molecule has 2 rings (SSSR count). The highest BCUT2D eigenvalue weighted by Gasteiger charge is 2.21. The number of carboxylic acids is 4. The maximum Gasteiger partial charge on any atom is 0.303 e. The van der Waals surface area contributed by atoms with Crippen molar-refractivity contribution in [1.29, 1.82) is 0 Å². The smallest absolute Gasteiger partial charge is 0.303 e. The minimum absolute atomic E-state index is 0.296. The lowest BCUT2D eigenvalue weighted by atomic mass is 10.1. The van der Waals surface area contributed by atoms with E-state index in [1.54, 1.807) is 0 Å². The Labute approximate surface area is 203 Å². The Bertz CT molecular complexity index is 749. The molecule has 34 heavy (non-hydrogen) atoms. The average Bonchev–Trinajstić information content (AvgIpc) is 3.21. The SMILES string of the molecule is CCOc1ccc(CN2CCC(CN)C2)cc1Cl.O=C(O)CCC(=O)O.O=C(O)CCC(=O)O. The number of nitrogens with zero attached hydrogens (tertiary/aromatic N) is 1. The summed E-state index contributed by atoms with van der Waals surface area (Å²) in [5.74, 6) is -2.88. The fourth-order valence-electron chi connectivity index (χ4n) is 2.85. The highest BCUT2D eigenvalue weighted by molar-refractivity contribution is 6.32. The first-order chi connectivity index (χ1) is 16.0. The molecule has 1 heterocycles. The Hall–Kier alpha value is -2.89. The van der Waals surface area contributed by atoms with E-state index in [9.17, 15) is 19.2 Å². The van der Waals surface area contributed by atoms with E-state index in [1.807, 2.05) is 19.1 Å². The van der Waals surface area contributed by atoms with Crippen LogP contribution in [-0.4, -0.2) is 75.4 Å². The van der Waals surface area contributed by atoms with Crippen molar-refractivity contribution in [2.75, 3.05) is 26.2 Å². The van der Waals surface area contributed by atoms with Gasteiger partial charge < -0.3 is 30.9 Å². The molecule has 1 aliphatic rings.